The lowest BCUT2D eigenvalue weighted by molar-refractivity contribution is 0.334. The summed E-state index contributed by atoms with van der Waals surface area (Å²) < 4.78 is 1.60. The van der Waals surface area contributed by atoms with Gasteiger partial charge in [-0.25, -0.2) is 19.6 Å². The van der Waals surface area contributed by atoms with Crippen LogP contribution in [-0.4, -0.2) is 37.8 Å². The Morgan fingerprint density at radius 2 is 1.89 bits per heavy atom. The Morgan fingerprint density at radius 1 is 1.18 bits per heavy atom. The highest BCUT2D eigenvalue weighted by molar-refractivity contribution is 7.15. The van der Waals surface area contributed by atoms with Crippen LogP contribution >= 0.6 is 22.9 Å². The Hall–Kier alpha value is -2.32. The molecule has 146 valence electrons. The predicted octanol–water partition coefficient (Wildman–Crippen LogP) is 3.34. The molecule has 0 N–H and O–H groups in total. The van der Waals surface area contributed by atoms with Crippen molar-refractivity contribution >= 4 is 28.9 Å². The normalized spacial score (nSPS) is 15.2. The maximum Gasteiger partial charge on any atom is 0.266 e. The van der Waals surface area contributed by atoms with E-state index in [1.807, 2.05) is 13.8 Å². The topological polar surface area (TPSA) is 76.8 Å². The van der Waals surface area contributed by atoms with Crippen molar-refractivity contribution in [1.29, 1.82) is 0 Å². The van der Waals surface area contributed by atoms with Gasteiger partial charge in [0.15, 0.2) is 0 Å². The summed E-state index contributed by atoms with van der Waals surface area (Å²) in [5, 5.41) is 6.16. The summed E-state index contributed by atoms with van der Waals surface area (Å²) in [7, 11) is 0. The zero-order valence-corrected chi connectivity index (χ0v) is 17.4. The number of anilines is 1. The van der Waals surface area contributed by atoms with Crippen LogP contribution in [0, 0.1) is 19.8 Å². The molecule has 1 fully saturated rings. The van der Waals surface area contributed by atoms with Gasteiger partial charge in [0.05, 0.1) is 33.0 Å². The Balaban J connectivity index is 1.45. The van der Waals surface area contributed by atoms with E-state index in [-0.39, 0.29) is 5.56 Å². The predicted molar refractivity (Wildman–Crippen MR) is 111 cm³/mol. The van der Waals surface area contributed by atoms with Gasteiger partial charge in [-0.1, -0.05) is 11.6 Å². The van der Waals surface area contributed by atoms with E-state index in [2.05, 4.69) is 25.0 Å². The van der Waals surface area contributed by atoms with Gasteiger partial charge in [-0.15, -0.1) is 11.3 Å². The first-order chi connectivity index (χ1) is 13.5. The van der Waals surface area contributed by atoms with Gasteiger partial charge in [0.1, 0.15) is 5.69 Å². The van der Waals surface area contributed by atoms with Gasteiger partial charge < -0.3 is 4.90 Å². The highest BCUT2D eigenvalue weighted by Gasteiger charge is 2.22. The molecule has 0 aromatic carbocycles. The van der Waals surface area contributed by atoms with Gasteiger partial charge in [0, 0.05) is 25.7 Å². The molecule has 0 aliphatic carbocycles. The average Bonchev–Trinajstić information content (AvgIpc) is 3.03. The third-order valence-corrected chi connectivity index (χ3v) is 6.23. The Morgan fingerprint density at radius 3 is 2.54 bits per heavy atom. The molecule has 4 heterocycles. The minimum Gasteiger partial charge on any atom is -0.341 e. The van der Waals surface area contributed by atoms with Gasteiger partial charge in [-0.05, 0) is 38.7 Å². The molecule has 1 saturated heterocycles. The summed E-state index contributed by atoms with van der Waals surface area (Å²) in [6.45, 7) is 6.29. The number of rotatable bonds is 4. The second-order valence-electron chi connectivity index (χ2n) is 7.02. The van der Waals surface area contributed by atoms with E-state index in [1.165, 1.54) is 0 Å². The lowest BCUT2D eigenvalue weighted by Crippen LogP contribution is -2.37. The van der Waals surface area contributed by atoms with Crippen LogP contribution in [0.15, 0.2) is 29.3 Å². The molecule has 3 aromatic heterocycles. The third kappa shape index (κ3) is 4.07. The van der Waals surface area contributed by atoms with Crippen molar-refractivity contribution in [2.45, 2.75) is 33.2 Å². The van der Waals surface area contributed by atoms with Crippen molar-refractivity contribution < 1.29 is 0 Å². The molecule has 7 nitrogen and oxygen atoms in total. The van der Waals surface area contributed by atoms with Crippen LogP contribution in [0.5, 0.6) is 0 Å². The zero-order valence-electron chi connectivity index (χ0n) is 15.8. The van der Waals surface area contributed by atoms with E-state index in [4.69, 9.17) is 11.6 Å². The fraction of sp³-hybridized carbons (Fsp3) is 0.421. The molecule has 1 aliphatic rings. The fourth-order valence-corrected chi connectivity index (χ4v) is 4.48. The average molecular weight is 417 g/mol. The highest BCUT2D eigenvalue weighted by Crippen LogP contribution is 2.28. The van der Waals surface area contributed by atoms with Crippen molar-refractivity contribution in [2.24, 2.45) is 5.92 Å². The standard InChI is InChI=1S/C19H21ClN6OS/c1-12-18(28-13(2)23-12)16-3-4-17(27)26(24-16)11-14-5-7-25(8-6-14)19-21-9-15(20)10-22-19/h3-4,9-10,14H,5-8,11H2,1-2H3. The number of hydrogen-bond donors (Lipinski definition) is 0. The van der Waals surface area contributed by atoms with Crippen molar-refractivity contribution in [1.82, 2.24) is 24.7 Å². The quantitative estimate of drug-likeness (QED) is 0.649. The Labute approximate surface area is 172 Å². The van der Waals surface area contributed by atoms with Gasteiger partial charge in [0.25, 0.3) is 5.56 Å². The lowest BCUT2D eigenvalue weighted by atomic mass is 9.97. The van der Waals surface area contributed by atoms with E-state index < -0.39 is 0 Å². The van der Waals surface area contributed by atoms with Crippen LogP contribution < -0.4 is 10.5 Å². The highest BCUT2D eigenvalue weighted by atomic mass is 35.5. The van der Waals surface area contributed by atoms with E-state index in [1.54, 1.807) is 40.5 Å². The third-order valence-electron chi connectivity index (χ3n) is 4.94. The number of piperidine rings is 1. The molecule has 0 atom stereocenters. The molecule has 1 aliphatic heterocycles. The SMILES string of the molecule is Cc1nc(C)c(-c2ccc(=O)n(CC3CCN(c4ncc(Cl)cn4)CC3)n2)s1. The molecule has 0 saturated carbocycles. The number of thiazole rings is 1. The van der Waals surface area contributed by atoms with Gasteiger partial charge in [-0.2, -0.15) is 5.10 Å². The van der Waals surface area contributed by atoms with Crippen LogP contribution in [-0.2, 0) is 6.54 Å². The molecule has 3 aromatic rings. The summed E-state index contributed by atoms with van der Waals surface area (Å²) in [5.74, 6) is 1.10. The molecule has 0 bridgehead atoms. The van der Waals surface area contributed by atoms with Crippen LogP contribution in [0.1, 0.15) is 23.5 Å². The molecule has 0 amide bonds. The Bertz CT molecular complexity index is 1020. The lowest BCUT2D eigenvalue weighted by Gasteiger charge is -2.31. The minimum absolute atomic E-state index is 0.0638. The minimum atomic E-state index is -0.0638. The van der Waals surface area contributed by atoms with Gasteiger partial charge >= 0.3 is 0 Å². The first-order valence-electron chi connectivity index (χ1n) is 9.24. The van der Waals surface area contributed by atoms with E-state index in [0.29, 0.717) is 23.4 Å². The zero-order chi connectivity index (χ0) is 19.7. The first kappa shape index (κ1) is 19.0. The summed E-state index contributed by atoms with van der Waals surface area (Å²) in [6.07, 6.45) is 5.16. The molecule has 4 rings (SSSR count). The van der Waals surface area contributed by atoms with Gasteiger partial charge in [-0.3, -0.25) is 4.79 Å². The number of halogens is 1. The van der Waals surface area contributed by atoms with E-state index >= 15 is 0 Å². The fourth-order valence-electron chi connectivity index (χ4n) is 3.50. The Kier molecular flexibility index (Phi) is 5.41. The monoisotopic (exact) mass is 416 g/mol. The van der Waals surface area contributed by atoms with Gasteiger partial charge in [0.2, 0.25) is 5.95 Å². The summed E-state index contributed by atoms with van der Waals surface area (Å²) in [5.41, 5.74) is 1.71. The second kappa shape index (κ2) is 7.97. The molecular formula is C19H21ClN6OS. The summed E-state index contributed by atoms with van der Waals surface area (Å²) in [4.78, 5) is 28.6. The van der Waals surface area contributed by atoms with E-state index in [9.17, 15) is 4.79 Å². The molecular weight excluding hydrogens is 396 g/mol. The number of aryl methyl sites for hydroxylation is 2. The number of hydrogen-bond acceptors (Lipinski definition) is 7. The maximum atomic E-state index is 12.3. The largest absolute Gasteiger partial charge is 0.341 e. The number of nitrogens with zero attached hydrogens (tertiary/aromatic N) is 6. The van der Waals surface area contributed by atoms with Crippen molar-refractivity contribution in [3.63, 3.8) is 0 Å². The molecule has 9 heteroatoms. The second-order valence-corrected chi connectivity index (χ2v) is 8.66. The van der Waals surface area contributed by atoms with Crippen LogP contribution in [0.4, 0.5) is 5.95 Å². The van der Waals surface area contributed by atoms with Crippen LogP contribution in [0.25, 0.3) is 10.6 Å². The first-order valence-corrected chi connectivity index (χ1v) is 10.4. The molecule has 0 radical (unpaired) electrons. The van der Waals surface area contributed by atoms with Crippen molar-refractivity contribution in [3.8, 4) is 10.6 Å². The summed E-state index contributed by atoms with van der Waals surface area (Å²) >= 11 is 7.47. The van der Waals surface area contributed by atoms with E-state index in [0.717, 1.165) is 47.2 Å². The van der Waals surface area contributed by atoms with Crippen molar-refractivity contribution in [3.05, 3.63) is 50.6 Å². The smallest absolute Gasteiger partial charge is 0.266 e. The van der Waals surface area contributed by atoms with Crippen LogP contribution in [0.2, 0.25) is 5.02 Å². The number of aromatic nitrogens is 5. The maximum absolute atomic E-state index is 12.3. The molecule has 0 unspecified atom stereocenters. The molecule has 28 heavy (non-hydrogen) atoms. The molecule has 0 spiro atoms. The summed E-state index contributed by atoms with van der Waals surface area (Å²) in [6, 6.07) is 3.40. The van der Waals surface area contributed by atoms with Crippen molar-refractivity contribution in [2.75, 3.05) is 18.0 Å². The van der Waals surface area contributed by atoms with Crippen LogP contribution in [0.3, 0.4) is 0 Å².